The lowest BCUT2D eigenvalue weighted by atomic mass is 10.2. The molecule has 4 nitrogen and oxygen atoms in total. The van der Waals surface area contributed by atoms with E-state index in [1.54, 1.807) is 12.4 Å². The van der Waals surface area contributed by atoms with E-state index in [0.717, 1.165) is 12.1 Å². The summed E-state index contributed by atoms with van der Waals surface area (Å²) < 4.78 is 1.98. The molecule has 94 valence electrons. The number of pyridine rings is 1. The molecule has 1 fully saturated rings. The Morgan fingerprint density at radius 1 is 1.33 bits per heavy atom. The molecule has 0 bridgehead atoms. The number of nitrogens with one attached hydrogen (secondary N) is 1. The van der Waals surface area contributed by atoms with Crippen molar-refractivity contribution in [2.24, 2.45) is 0 Å². The Morgan fingerprint density at radius 2 is 2.22 bits per heavy atom. The van der Waals surface area contributed by atoms with Crippen molar-refractivity contribution >= 4 is 11.6 Å². The normalized spacial score (nSPS) is 14.9. The minimum absolute atomic E-state index is 0.689. The molecule has 0 atom stereocenters. The molecule has 0 radical (unpaired) electrons. The molecule has 2 heterocycles. The minimum Gasteiger partial charge on any atom is -0.308 e. The Bertz CT molecular complexity index is 533. The van der Waals surface area contributed by atoms with Gasteiger partial charge < -0.3 is 5.32 Å². The van der Waals surface area contributed by atoms with Crippen LogP contribution in [0.4, 0.5) is 0 Å². The van der Waals surface area contributed by atoms with Gasteiger partial charge in [0.1, 0.15) is 0 Å². The maximum absolute atomic E-state index is 6.11. The van der Waals surface area contributed by atoms with Crippen LogP contribution >= 0.6 is 11.6 Å². The van der Waals surface area contributed by atoms with E-state index < -0.39 is 0 Å². The molecule has 2 aromatic heterocycles. The largest absolute Gasteiger partial charge is 0.308 e. The molecule has 0 spiro atoms. The number of nitrogens with zero attached hydrogens (tertiary/aromatic N) is 3. The van der Waals surface area contributed by atoms with Crippen molar-refractivity contribution in [2.75, 3.05) is 0 Å². The monoisotopic (exact) mass is 262 g/mol. The highest BCUT2D eigenvalue weighted by Crippen LogP contribution is 2.20. The van der Waals surface area contributed by atoms with Gasteiger partial charge in [0.15, 0.2) is 0 Å². The lowest BCUT2D eigenvalue weighted by Gasteiger charge is -2.09. The van der Waals surface area contributed by atoms with Crippen LogP contribution in [0.15, 0.2) is 30.7 Å². The molecule has 1 aliphatic rings. The van der Waals surface area contributed by atoms with Crippen LogP contribution in [0.3, 0.4) is 0 Å². The predicted octanol–water partition coefficient (Wildman–Crippen LogP) is 2.23. The lowest BCUT2D eigenvalue weighted by Crippen LogP contribution is -2.19. The summed E-state index contributed by atoms with van der Waals surface area (Å²) in [5.41, 5.74) is 2.23. The summed E-state index contributed by atoms with van der Waals surface area (Å²) in [6.07, 6.45) is 7.85. The van der Waals surface area contributed by atoms with Gasteiger partial charge in [0, 0.05) is 31.2 Å². The van der Waals surface area contributed by atoms with E-state index in [2.05, 4.69) is 15.4 Å². The SMILES string of the molecule is Clc1cnccc1Cn1nccc1CNC1CC1. The molecule has 1 aliphatic carbocycles. The van der Waals surface area contributed by atoms with Gasteiger partial charge in [-0.15, -0.1) is 0 Å². The molecule has 5 heteroatoms. The first-order valence-electron chi connectivity index (χ1n) is 6.15. The van der Waals surface area contributed by atoms with Crippen LogP contribution in [0.2, 0.25) is 5.02 Å². The number of hydrogen-bond donors (Lipinski definition) is 1. The Hall–Kier alpha value is -1.39. The fraction of sp³-hybridized carbons (Fsp3) is 0.385. The zero-order chi connectivity index (χ0) is 12.4. The van der Waals surface area contributed by atoms with E-state index >= 15 is 0 Å². The van der Waals surface area contributed by atoms with Crippen LogP contribution in [-0.2, 0) is 13.1 Å². The highest BCUT2D eigenvalue weighted by atomic mass is 35.5. The minimum atomic E-state index is 0.689. The van der Waals surface area contributed by atoms with E-state index in [4.69, 9.17) is 11.6 Å². The first-order chi connectivity index (χ1) is 8.83. The third kappa shape index (κ3) is 2.71. The molecular formula is C13H15ClN4. The molecule has 0 amide bonds. The lowest BCUT2D eigenvalue weighted by molar-refractivity contribution is 0.593. The van der Waals surface area contributed by atoms with Crippen LogP contribution in [0.5, 0.6) is 0 Å². The van der Waals surface area contributed by atoms with E-state index in [-0.39, 0.29) is 0 Å². The van der Waals surface area contributed by atoms with Crippen LogP contribution in [0, 0.1) is 0 Å². The van der Waals surface area contributed by atoms with Gasteiger partial charge in [-0.25, -0.2) is 0 Å². The summed E-state index contributed by atoms with van der Waals surface area (Å²) in [5, 5.41) is 8.53. The second kappa shape index (κ2) is 5.08. The van der Waals surface area contributed by atoms with Gasteiger partial charge >= 0.3 is 0 Å². The van der Waals surface area contributed by atoms with Gasteiger partial charge in [-0.3, -0.25) is 9.67 Å². The summed E-state index contributed by atoms with van der Waals surface area (Å²) in [7, 11) is 0. The van der Waals surface area contributed by atoms with E-state index in [1.807, 2.05) is 23.0 Å². The summed E-state index contributed by atoms with van der Waals surface area (Å²) in [5.74, 6) is 0. The van der Waals surface area contributed by atoms with E-state index in [9.17, 15) is 0 Å². The number of hydrogen-bond acceptors (Lipinski definition) is 3. The predicted molar refractivity (Wildman–Crippen MR) is 70.4 cm³/mol. The molecule has 0 saturated heterocycles. The number of rotatable bonds is 5. The highest BCUT2D eigenvalue weighted by Gasteiger charge is 2.20. The third-order valence-corrected chi connectivity index (χ3v) is 3.47. The summed E-state index contributed by atoms with van der Waals surface area (Å²) in [6, 6.07) is 4.69. The fourth-order valence-electron chi connectivity index (χ4n) is 1.88. The van der Waals surface area contributed by atoms with E-state index in [0.29, 0.717) is 17.6 Å². The first kappa shape index (κ1) is 11.7. The van der Waals surface area contributed by atoms with Crippen molar-refractivity contribution in [1.29, 1.82) is 0 Å². The third-order valence-electron chi connectivity index (χ3n) is 3.13. The number of halogens is 1. The zero-order valence-corrected chi connectivity index (χ0v) is 10.8. The average molecular weight is 263 g/mol. The van der Waals surface area contributed by atoms with Crippen molar-refractivity contribution in [3.63, 3.8) is 0 Å². The molecule has 0 unspecified atom stereocenters. The van der Waals surface area contributed by atoms with Crippen LogP contribution < -0.4 is 5.32 Å². The van der Waals surface area contributed by atoms with Crippen molar-refractivity contribution in [2.45, 2.75) is 32.0 Å². The topological polar surface area (TPSA) is 42.7 Å². The van der Waals surface area contributed by atoms with Gasteiger partial charge in [0.25, 0.3) is 0 Å². The van der Waals surface area contributed by atoms with E-state index in [1.165, 1.54) is 18.5 Å². The maximum Gasteiger partial charge on any atom is 0.0678 e. The van der Waals surface area contributed by atoms with Gasteiger partial charge in [-0.05, 0) is 30.5 Å². The molecule has 1 saturated carbocycles. The Labute approximate surface area is 111 Å². The second-order valence-electron chi connectivity index (χ2n) is 4.60. The molecule has 18 heavy (non-hydrogen) atoms. The Kier molecular flexibility index (Phi) is 3.30. The molecular weight excluding hydrogens is 248 g/mol. The summed E-state index contributed by atoms with van der Waals surface area (Å²) >= 11 is 6.11. The van der Waals surface area contributed by atoms with Crippen molar-refractivity contribution in [1.82, 2.24) is 20.1 Å². The highest BCUT2D eigenvalue weighted by molar-refractivity contribution is 6.31. The molecule has 2 aromatic rings. The maximum atomic E-state index is 6.11. The van der Waals surface area contributed by atoms with Crippen molar-refractivity contribution < 1.29 is 0 Å². The summed E-state index contributed by atoms with van der Waals surface area (Å²) in [4.78, 5) is 3.99. The Balaban J connectivity index is 1.71. The quantitative estimate of drug-likeness (QED) is 0.899. The molecule has 0 aromatic carbocycles. The van der Waals surface area contributed by atoms with Gasteiger partial charge in [-0.2, -0.15) is 5.10 Å². The van der Waals surface area contributed by atoms with Gasteiger partial charge in [0.2, 0.25) is 0 Å². The zero-order valence-electron chi connectivity index (χ0n) is 10.0. The van der Waals surface area contributed by atoms with Gasteiger partial charge in [-0.1, -0.05) is 11.6 Å². The first-order valence-corrected chi connectivity index (χ1v) is 6.53. The standard InChI is InChI=1S/C13H15ClN4/c14-13-8-15-5-3-10(13)9-18-12(4-6-17-18)7-16-11-1-2-11/h3-6,8,11,16H,1-2,7,9H2. The van der Waals surface area contributed by atoms with Crippen molar-refractivity contribution in [3.8, 4) is 0 Å². The van der Waals surface area contributed by atoms with Crippen LogP contribution in [0.25, 0.3) is 0 Å². The number of aromatic nitrogens is 3. The second-order valence-corrected chi connectivity index (χ2v) is 5.01. The average Bonchev–Trinajstić information content (AvgIpc) is 3.10. The van der Waals surface area contributed by atoms with Crippen molar-refractivity contribution in [3.05, 3.63) is 47.0 Å². The smallest absolute Gasteiger partial charge is 0.0678 e. The van der Waals surface area contributed by atoms with Crippen LogP contribution in [-0.4, -0.2) is 20.8 Å². The Morgan fingerprint density at radius 3 is 3.00 bits per heavy atom. The summed E-state index contributed by atoms with van der Waals surface area (Å²) in [6.45, 7) is 1.56. The fourth-order valence-corrected chi connectivity index (χ4v) is 2.06. The molecule has 0 aliphatic heterocycles. The van der Waals surface area contributed by atoms with Crippen LogP contribution in [0.1, 0.15) is 24.1 Å². The molecule has 3 rings (SSSR count). The molecule has 1 N–H and O–H groups in total. The van der Waals surface area contributed by atoms with Gasteiger partial charge in [0.05, 0.1) is 17.3 Å².